The van der Waals surface area contributed by atoms with Gasteiger partial charge in [-0.3, -0.25) is 14.5 Å². The summed E-state index contributed by atoms with van der Waals surface area (Å²) in [6.07, 6.45) is 7.76. The first-order valence-corrected chi connectivity index (χ1v) is 10.7. The van der Waals surface area contributed by atoms with Crippen molar-refractivity contribution < 1.29 is 4.74 Å². The summed E-state index contributed by atoms with van der Waals surface area (Å²) in [6.45, 7) is 7.78. The molecule has 0 amide bonds. The van der Waals surface area contributed by atoms with Crippen LogP contribution < -0.4 is 0 Å². The quantitative estimate of drug-likeness (QED) is 0.401. The van der Waals surface area contributed by atoms with Gasteiger partial charge in [-0.05, 0) is 42.8 Å². The van der Waals surface area contributed by atoms with Gasteiger partial charge in [-0.1, -0.05) is 36.4 Å². The summed E-state index contributed by atoms with van der Waals surface area (Å²) in [6, 6.07) is 14.3. The first-order valence-electron chi connectivity index (χ1n) is 10.3. The number of piperidine rings is 1. The van der Waals surface area contributed by atoms with E-state index in [4.69, 9.17) is 22.1 Å². The van der Waals surface area contributed by atoms with Gasteiger partial charge >= 0.3 is 0 Å². The maximum Gasteiger partial charge on any atom is 0.199 e. The number of allylic oxidation sites excluding steroid dienone is 1. The van der Waals surface area contributed by atoms with Crippen LogP contribution >= 0.6 is 12.2 Å². The molecule has 0 unspecified atom stereocenters. The largest absolute Gasteiger partial charge is 0.373 e. The number of likely N-dealkylation sites (tertiary alicyclic amines) is 1. The van der Waals surface area contributed by atoms with Gasteiger partial charge in [0.05, 0.1) is 19.4 Å². The third-order valence-electron chi connectivity index (χ3n) is 5.35. The molecule has 0 spiro atoms. The minimum atomic E-state index is 0.304. The summed E-state index contributed by atoms with van der Waals surface area (Å²) in [5, 5.41) is 4.80. The Morgan fingerprint density at radius 1 is 1.13 bits per heavy atom. The van der Waals surface area contributed by atoms with Gasteiger partial charge in [-0.25, -0.2) is 4.68 Å². The molecule has 0 N–H and O–H groups in total. The Balaban J connectivity index is 1.38. The molecule has 0 saturated carbocycles. The Morgan fingerprint density at radius 2 is 1.93 bits per heavy atom. The minimum Gasteiger partial charge on any atom is -0.373 e. The highest BCUT2D eigenvalue weighted by Crippen LogP contribution is 2.20. The molecule has 1 fully saturated rings. The van der Waals surface area contributed by atoms with Crippen LogP contribution in [-0.4, -0.2) is 43.4 Å². The lowest BCUT2D eigenvalue weighted by molar-refractivity contribution is -0.00918. The lowest BCUT2D eigenvalue weighted by Crippen LogP contribution is -2.38. The molecule has 1 saturated heterocycles. The fourth-order valence-corrected chi connectivity index (χ4v) is 3.99. The van der Waals surface area contributed by atoms with Crippen LogP contribution in [0.1, 0.15) is 18.4 Å². The van der Waals surface area contributed by atoms with Crippen molar-refractivity contribution in [2.75, 3.05) is 13.1 Å². The topological polar surface area (TPSA) is 48.1 Å². The molecule has 0 atom stereocenters. The summed E-state index contributed by atoms with van der Waals surface area (Å²) >= 11 is 5.71. The normalized spacial score (nSPS) is 15.3. The molecular weight excluding hydrogens is 394 g/mol. The first-order chi connectivity index (χ1) is 14.7. The number of hydrogen-bond acceptors (Lipinski definition) is 5. The van der Waals surface area contributed by atoms with Crippen LogP contribution in [0.2, 0.25) is 0 Å². The van der Waals surface area contributed by atoms with Crippen LogP contribution in [0.5, 0.6) is 0 Å². The zero-order valence-electron chi connectivity index (χ0n) is 17.1. The summed E-state index contributed by atoms with van der Waals surface area (Å²) in [5.41, 5.74) is 2.18. The highest BCUT2D eigenvalue weighted by atomic mass is 32.1. The maximum atomic E-state index is 6.11. The van der Waals surface area contributed by atoms with E-state index in [9.17, 15) is 0 Å². The fourth-order valence-electron chi connectivity index (χ4n) is 3.73. The van der Waals surface area contributed by atoms with Gasteiger partial charge in [0.1, 0.15) is 0 Å². The molecular formula is C23H27N5OS. The second-order valence-corrected chi connectivity index (χ2v) is 7.87. The number of benzene rings is 1. The molecule has 1 aromatic carbocycles. The van der Waals surface area contributed by atoms with Crippen molar-refractivity contribution in [3.05, 3.63) is 77.8 Å². The van der Waals surface area contributed by atoms with E-state index in [-0.39, 0.29) is 0 Å². The molecule has 30 heavy (non-hydrogen) atoms. The lowest BCUT2D eigenvalue weighted by atomic mass is 10.1. The highest BCUT2D eigenvalue weighted by molar-refractivity contribution is 7.71. The van der Waals surface area contributed by atoms with Gasteiger partial charge < -0.3 is 4.74 Å². The van der Waals surface area contributed by atoms with Gasteiger partial charge in [0, 0.05) is 37.6 Å². The Labute approximate surface area is 182 Å². The Kier molecular flexibility index (Phi) is 6.84. The predicted octanol–water partition coefficient (Wildman–Crippen LogP) is 4.30. The van der Waals surface area contributed by atoms with Gasteiger partial charge in [-0.2, -0.15) is 5.10 Å². The van der Waals surface area contributed by atoms with Gasteiger partial charge in [0.15, 0.2) is 10.6 Å². The third kappa shape index (κ3) is 4.92. The lowest BCUT2D eigenvalue weighted by Gasteiger charge is -2.31. The summed E-state index contributed by atoms with van der Waals surface area (Å²) < 4.78 is 10.7. The van der Waals surface area contributed by atoms with E-state index >= 15 is 0 Å². The van der Waals surface area contributed by atoms with Crippen LogP contribution in [0.15, 0.2) is 67.5 Å². The van der Waals surface area contributed by atoms with Crippen LogP contribution in [0.25, 0.3) is 11.4 Å². The van der Waals surface area contributed by atoms with Gasteiger partial charge in [0.25, 0.3) is 0 Å². The van der Waals surface area contributed by atoms with Crippen LogP contribution in [0, 0.1) is 4.77 Å². The zero-order chi connectivity index (χ0) is 20.8. The number of ether oxygens (including phenoxy) is 1. The Hall–Kier alpha value is -2.61. The Morgan fingerprint density at radius 3 is 2.63 bits per heavy atom. The Bertz CT molecular complexity index is 1010. The van der Waals surface area contributed by atoms with Crippen LogP contribution in [0.3, 0.4) is 0 Å². The monoisotopic (exact) mass is 421 g/mol. The molecule has 0 bridgehead atoms. The number of hydrogen-bond donors (Lipinski definition) is 0. The van der Waals surface area contributed by atoms with E-state index in [1.807, 2.05) is 39.7 Å². The molecule has 1 aliphatic rings. The van der Waals surface area contributed by atoms with Crippen LogP contribution in [-0.2, 0) is 24.6 Å². The van der Waals surface area contributed by atoms with E-state index in [1.165, 1.54) is 5.56 Å². The minimum absolute atomic E-state index is 0.304. The standard InChI is InChI=1S/C23H27N5OS/c1-2-13-27-22(20-9-6-12-24-16-20)25-28(23(27)30)18-26-14-10-21(11-15-26)29-17-19-7-4-3-5-8-19/h2-9,12,16,21H,1,10-11,13-15,17-18H2. The number of pyridine rings is 1. The molecule has 7 heteroatoms. The second kappa shape index (κ2) is 9.93. The molecule has 0 radical (unpaired) electrons. The van der Waals surface area contributed by atoms with E-state index in [0.29, 0.717) is 30.7 Å². The summed E-state index contributed by atoms with van der Waals surface area (Å²) in [5.74, 6) is 0.828. The predicted molar refractivity (Wildman–Crippen MR) is 120 cm³/mol. The fraction of sp³-hybridized carbons (Fsp3) is 0.348. The summed E-state index contributed by atoms with van der Waals surface area (Å²) in [7, 11) is 0. The maximum absolute atomic E-state index is 6.11. The number of aromatic nitrogens is 4. The van der Waals surface area contributed by atoms with Crippen LogP contribution in [0.4, 0.5) is 0 Å². The summed E-state index contributed by atoms with van der Waals surface area (Å²) in [4.78, 5) is 6.60. The molecule has 6 nitrogen and oxygen atoms in total. The van der Waals surface area contributed by atoms with Crippen molar-refractivity contribution in [2.24, 2.45) is 0 Å². The number of nitrogens with zero attached hydrogens (tertiary/aromatic N) is 5. The van der Waals surface area contributed by atoms with Crippen molar-refractivity contribution in [1.29, 1.82) is 0 Å². The molecule has 1 aliphatic heterocycles. The smallest absolute Gasteiger partial charge is 0.199 e. The third-order valence-corrected chi connectivity index (χ3v) is 5.78. The van der Waals surface area contributed by atoms with E-state index < -0.39 is 0 Å². The number of rotatable bonds is 8. The van der Waals surface area contributed by atoms with Gasteiger partial charge in [0.2, 0.25) is 0 Å². The van der Waals surface area contributed by atoms with E-state index in [1.54, 1.807) is 6.20 Å². The van der Waals surface area contributed by atoms with Crippen molar-refractivity contribution >= 4 is 12.2 Å². The van der Waals surface area contributed by atoms with Gasteiger partial charge in [-0.15, -0.1) is 6.58 Å². The van der Waals surface area contributed by atoms with E-state index in [2.05, 4.69) is 40.7 Å². The first kappa shape index (κ1) is 20.7. The molecule has 0 aliphatic carbocycles. The molecule has 156 valence electrons. The highest BCUT2D eigenvalue weighted by Gasteiger charge is 2.21. The average Bonchev–Trinajstić information content (AvgIpc) is 3.10. The molecule has 2 aromatic heterocycles. The van der Waals surface area contributed by atoms with Crippen molar-refractivity contribution in [3.63, 3.8) is 0 Å². The van der Waals surface area contributed by atoms with E-state index in [0.717, 1.165) is 37.3 Å². The molecule has 4 rings (SSSR count). The zero-order valence-corrected chi connectivity index (χ0v) is 17.9. The molecule has 3 aromatic rings. The average molecular weight is 422 g/mol. The van der Waals surface area contributed by atoms with Crippen molar-refractivity contribution in [2.45, 2.75) is 38.8 Å². The molecule has 3 heterocycles. The SMILES string of the molecule is C=CCn1c(-c2cccnc2)nn(CN2CCC(OCc3ccccc3)CC2)c1=S. The van der Waals surface area contributed by atoms with Crippen molar-refractivity contribution in [3.8, 4) is 11.4 Å². The van der Waals surface area contributed by atoms with Crippen molar-refractivity contribution in [1.82, 2.24) is 24.2 Å². The second-order valence-electron chi connectivity index (χ2n) is 7.50.